The Balaban J connectivity index is 2.36. The second-order valence-corrected chi connectivity index (χ2v) is 6.54. The lowest BCUT2D eigenvalue weighted by atomic mass is 10.1. The van der Waals surface area contributed by atoms with Crippen LogP contribution in [0.4, 0.5) is 0 Å². The second-order valence-electron chi connectivity index (χ2n) is 4.12. The molecule has 2 aromatic rings. The van der Waals surface area contributed by atoms with Crippen molar-refractivity contribution in [3.05, 3.63) is 71.3 Å². The van der Waals surface area contributed by atoms with E-state index >= 15 is 0 Å². The third-order valence-corrected chi connectivity index (χ3v) is 4.73. The molecule has 0 fully saturated rings. The van der Waals surface area contributed by atoms with Gasteiger partial charge in [-0.2, -0.15) is 0 Å². The van der Waals surface area contributed by atoms with Crippen molar-refractivity contribution in [3.63, 3.8) is 0 Å². The molecule has 4 heteroatoms. The minimum absolute atomic E-state index is 0.0448. The van der Waals surface area contributed by atoms with Crippen LogP contribution in [0.25, 0.3) is 6.08 Å². The lowest BCUT2D eigenvalue weighted by molar-refractivity contribution is 0.595. The summed E-state index contributed by atoms with van der Waals surface area (Å²) >= 11 is 5.76. The van der Waals surface area contributed by atoms with Crippen LogP contribution >= 0.6 is 11.6 Å². The lowest BCUT2D eigenvalue weighted by Crippen LogP contribution is -2.05. The van der Waals surface area contributed by atoms with E-state index in [0.29, 0.717) is 5.02 Å². The molecule has 0 aliphatic heterocycles. The van der Waals surface area contributed by atoms with Gasteiger partial charge in [0.1, 0.15) is 0 Å². The number of hydrogen-bond acceptors (Lipinski definition) is 2. The van der Waals surface area contributed by atoms with E-state index in [0.717, 1.165) is 11.1 Å². The van der Waals surface area contributed by atoms with Gasteiger partial charge in [-0.05, 0) is 35.4 Å². The Bertz CT molecular complexity index is 688. The normalized spacial score (nSPS) is 11.2. The van der Waals surface area contributed by atoms with Crippen molar-refractivity contribution in [1.29, 1.82) is 0 Å². The van der Waals surface area contributed by atoms with Crippen molar-refractivity contribution in [2.24, 2.45) is 0 Å². The smallest absolute Gasteiger partial charge is 0.182 e. The molecule has 0 spiro atoms. The van der Waals surface area contributed by atoms with Crippen LogP contribution in [0.15, 0.2) is 60.0 Å². The number of hydrogen-bond donors (Lipinski definition) is 0. The van der Waals surface area contributed by atoms with E-state index in [-0.39, 0.29) is 10.6 Å². The molecule has 0 saturated carbocycles. The molecule has 0 atom stereocenters. The molecule has 0 unspecified atom stereocenters. The van der Waals surface area contributed by atoms with Gasteiger partial charge in [-0.25, -0.2) is 8.42 Å². The van der Waals surface area contributed by atoms with Crippen LogP contribution in [-0.2, 0) is 15.6 Å². The van der Waals surface area contributed by atoms with Crippen LogP contribution < -0.4 is 0 Å². The van der Waals surface area contributed by atoms with Crippen molar-refractivity contribution in [1.82, 2.24) is 0 Å². The Morgan fingerprint density at radius 1 is 1.05 bits per heavy atom. The highest BCUT2D eigenvalue weighted by Gasteiger charge is 2.16. The average molecular weight is 293 g/mol. The fourth-order valence-corrected chi connectivity index (χ4v) is 3.31. The molecule has 0 aliphatic rings. The summed E-state index contributed by atoms with van der Waals surface area (Å²) in [5, 5.41) is 0.519. The van der Waals surface area contributed by atoms with Gasteiger partial charge in [-0.15, -0.1) is 0 Å². The van der Waals surface area contributed by atoms with Gasteiger partial charge in [-0.3, -0.25) is 0 Å². The minimum atomic E-state index is -3.37. The SMILES string of the molecule is C=Cc1ccccc1CS(=O)(=O)c1ccc(Cl)cc1. The second kappa shape index (κ2) is 5.59. The molecule has 0 N–H and O–H groups in total. The maximum absolute atomic E-state index is 12.3. The van der Waals surface area contributed by atoms with Crippen LogP contribution in [0.3, 0.4) is 0 Å². The fourth-order valence-electron chi connectivity index (χ4n) is 1.79. The highest BCUT2D eigenvalue weighted by Crippen LogP contribution is 2.21. The maximum atomic E-state index is 12.3. The van der Waals surface area contributed by atoms with Crippen LogP contribution in [-0.4, -0.2) is 8.42 Å². The summed E-state index contributed by atoms with van der Waals surface area (Å²) in [4.78, 5) is 0.274. The van der Waals surface area contributed by atoms with E-state index in [1.54, 1.807) is 24.3 Å². The molecule has 2 aromatic carbocycles. The zero-order valence-electron chi connectivity index (χ0n) is 10.2. The molecule has 0 aromatic heterocycles. The molecule has 0 heterocycles. The van der Waals surface area contributed by atoms with Gasteiger partial charge < -0.3 is 0 Å². The van der Waals surface area contributed by atoms with Gasteiger partial charge in [0.25, 0.3) is 0 Å². The highest BCUT2D eigenvalue weighted by molar-refractivity contribution is 7.90. The molecular weight excluding hydrogens is 280 g/mol. The first-order chi connectivity index (χ1) is 9.03. The van der Waals surface area contributed by atoms with Gasteiger partial charge in [0.15, 0.2) is 9.84 Å². The first-order valence-corrected chi connectivity index (χ1v) is 7.74. The van der Waals surface area contributed by atoms with E-state index in [4.69, 9.17) is 11.6 Å². The molecule has 2 nitrogen and oxygen atoms in total. The standard InChI is InChI=1S/C15H13ClO2S/c1-2-12-5-3-4-6-13(12)11-19(17,18)15-9-7-14(16)8-10-15/h2-10H,1,11H2. The zero-order valence-corrected chi connectivity index (χ0v) is 11.8. The molecule has 2 rings (SSSR count). The molecular formula is C15H13ClO2S. The summed E-state index contributed by atoms with van der Waals surface area (Å²) < 4.78 is 24.6. The Labute approximate surface area is 118 Å². The summed E-state index contributed by atoms with van der Waals surface area (Å²) in [5.74, 6) is -0.0448. The number of halogens is 1. The largest absolute Gasteiger partial charge is 0.223 e. The number of sulfone groups is 1. The van der Waals surface area contributed by atoms with Gasteiger partial charge in [0.2, 0.25) is 0 Å². The molecule has 0 aliphatic carbocycles. The van der Waals surface area contributed by atoms with Crippen molar-refractivity contribution in [3.8, 4) is 0 Å². The Morgan fingerprint density at radius 2 is 1.68 bits per heavy atom. The Morgan fingerprint density at radius 3 is 2.32 bits per heavy atom. The molecule has 98 valence electrons. The maximum Gasteiger partial charge on any atom is 0.182 e. The van der Waals surface area contributed by atoms with Gasteiger partial charge in [0, 0.05) is 5.02 Å². The quantitative estimate of drug-likeness (QED) is 0.855. The molecule has 19 heavy (non-hydrogen) atoms. The van der Waals surface area contributed by atoms with Crippen molar-refractivity contribution in [2.45, 2.75) is 10.6 Å². The van der Waals surface area contributed by atoms with Gasteiger partial charge in [-0.1, -0.05) is 48.5 Å². The predicted octanol–water partition coefficient (Wildman–Crippen LogP) is 3.96. The van der Waals surface area contributed by atoms with Crippen LogP contribution in [0.5, 0.6) is 0 Å². The van der Waals surface area contributed by atoms with Gasteiger partial charge >= 0.3 is 0 Å². The number of benzene rings is 2. The summed E-state index contributed by atoms with van der Waals surface area (Å²) in [7, 11) is -3.37. The summed E-state index contributed by atoms with van der Waals surface area (Å²) in [6.07, 6.45) is 1.66. The Hall–Kier alpha value is -1.58. The van der Waals surface area contributed by atoms with E-state index in [1.165, 1.54) is 12.1 Å². The third-order valence-electron chi connectivity index (χ3n) is 2.79. The van der Waals surface area contributed by atoms with Crippen LogP contribution in [0, 0.1) is 0 Å². The monoisotopic (exact) mass is 292 g/mol. The van der Waals surface area contributed by atoms with Crippen molar-refractivity contribution in [2.75, 3.05) is 0 Å². The predicted molar refractivity (Wildman–Crippen MR) is 78.9 cm³/mol. The van der Waals surface area contributed by atoms with E-state index in [1.807, 2.05) is 18.2 Å². The highest BCUT2D eigenvalue weighted by atomic mass is 35.5. The van der Waals surface area contributed by atoms with E-state index in [2.05, 4.69) is 6.58 Å². The summed E-state index contributed by atoms with van der Waals surface area (Å²) in [5.41, 5.74) is 1.58. The third kappa shape index (κ3) is 3.25. The van der Waals surface area contributed by atoms with Gasteiger partial charge in [0.05, 0.1) is 10.6 Å². The average Bonchev–Trinajstić information content (AvgIpc) is 2.39. The molecule has 0 amide bonds. The molecule has 0 bridgehead atoms. The minimum Gasteiger partial charge on any atom is -0.223 e. The molecule has 0 radical (unpaired) electrons. The first-order valence-electron chi connectivity index (χ1n) is 5.71. The first kappa shape index (κ1) is 13.8. The molecule has 0 saturated heterocycles. The number of rotatable bonds is 4. The van der Waals surface area contributed by atoms with E-state index in [9.17, 15) is 8.42 Å². The van der Waals surface area contributed by atoms with E-state index < -0.39 is 9.84 Å². The zero-order chi connectivity index (χ0) is 13.9. The summed E-state index contributed by atoms with van der Waals surface area (Å²) in [6, 6.07) is 13.5. The fraction of sp³-hybridized carbons (Fsp3) is 0.0667. The van der Waals surface area contributed by atoms with Crippen molar-refractivity contribution >= 4 is 27.5 Å². The van der Waals surface area contributed by atoms with Crippen molar-refractivity contribution < 1.29 is 8.42 Å². The Kier molecular flexibility index (Phi) is 4.08. The topological polar surface area (TPSA) is 34.1 Å². The van der Waals surface area contributed by atoms with Crippen LogP contribution in [0.2, 0.25) is 5.02 Å². The summed E-state index contributed by atoms with van der Waals surface area (Å²) in [6.45, 7) is 3.69. The lowest BCUT2D eigenvalue weighted by Gasteiger charge is -2.07. The van der Waals surface area contributed by atoms with Crippen LogP contribution in [0.1, 0.15) is 11.1 Å².